The number of carbonyl (C=O) groups is 2. The Morgan fingerprint density at radius 3 is 2.69 bits per heavy atom. The van der Waals surface area contributed by atoms with E-state index in [0.717, 1.165) is 18.4 Å². The number of amides is 3. The van der Waals surface area contributed by atoms with Crippen LogP contribution in [0, 0.1) is 5.82 Å². The minimum atomic E-state index is -0.592. The number of rotatable bonds is 5. The summed E-state index contributed by atoms with van der Waals surface area (Å²) in [4.78, 5) is 41.7. The number of halogens is 1. The lowest BCUT2D eigenvalue weighted by molar-refractivity contribution is -0.127. The largest absolute Gasteiger partial charge is 0.342 e. The highest BCUT2D eigenvalue weighted by molar-refractivity contribution is 6.04. The zero-order valence-corrected chi connectivity index (χ0v) is 17.2. The molecule has 9 heteroatoms. The summed E-state index contributed by atoms with van der Waals surface area (Å²) in [6, 6.07) is 13.4. The number of hydrogen-bond donors (Lipinski definition) is 2. The van der Waals surface area contributed by atoms with Crippen molar-refractivity contribution in [3.8, 4) is 0 Å². The fourth-order valence-corrected chi connectivity index (χ4v) is 4.59. The van der Waals surface area contributed by atoms with E-state index in [4.69, 9.17) is 4.99 Å². The Morgan fingerprint density at radius 2 is 1.91 bits per heavy atom. The minimum Gasteiger partial charge on any atom is -0.342 e. The molecule has 2 N–H and O–H groups in total. The van der Waals surface area contributed by atoms with Gasteiger partial charge in [-0.1, -0.05) is 30.3 Å². The predicted octanol–water partition coefficient (Wildman–Crippen LogP) is 2.57. The monoisotopic (exact) mass is 432 g/mol. The second-order valence-corrected chi connectivity index (χ2v) is 8.47. The van der Waals surface area contributed by atoms with Gasteiger partial charge in [-0.3, -0.25) is 15.0 Å². The number of imidazole rings is 1. The molecule has 3 aromatic rings. The molecule has 0 radical (unpaired) electrons. The summed E-state index contributed by atoms with van der Waals surface area (Å²) in [5.41, 5.74) is 2.31. The fraction of sp³-hybridized carbons (Fsp3) is 0.304. The standard InChI is InChI=1S/C23H21FN6O2/c24-14-6-9-16-17(10-14)26-18(25-16)11-19-27-21-20(29(19)12-13-4-2-1-3-5-13)22(31)28-23(32)30(21)15-7-8-15/h1-6,9-10,15,20-21H,7-8,11-12H2,(H,25,26)(H,28,31,32). The Morgan fingerprint density at radius 1 is 1.09 bits per heavy atom. The SMILES string of the molecule is O=C1NC(=O)N(C2CC2)C2N=C(Cc3nc4ccc(F)cc4[nH]3)N(Cc3ccccc3)C12. The predicted molar refractivity (Wildman–Crippen MR) is 115 cm³/mol. The molecule has 0 bridgehead atoms. The van der Waals surface area contributed by atoms with Crippen LogP contribution in [-0.4, -0.2) is 55.8 Å². The third-order valence-electron chi connectivity index (χ3n) is 6.20. The van der Waals surface area contributed by atoms with Crippen LogP contribution in [0.15, 0.2) is 53.5 Å². The van der Waals surface area contributed by atoms with E-state index >= 15 is 0 Å². The van der Waals surface area contributed by atoms with Crippen molar-refractivity contribution in [1.82, 2.24) is 25.1 Å². The Bertz CT molecular complexity index is 1250. The molecule has 1 saturated heterocycles. The van der Waals surface area contributed by atoms with Crippen LogP contribution in [-0.2, 0) is 17.8 Å². The fourth-order valence-electron chi connectivity index (χ4n) is 4.59. The van der Waals surface area contributed by atoms with E-state index in [9.17, 15) is 14.0 Å². The summed E-state index contributed by atoms with van der Waals surface area (Å²) in [6.07, 6.45) is 1.63. The van der Waals surface area contributed by atoms with Crippen LogP contribution in [0.1, 0.15) is 24.2 Å². The van der Waals surface area contributed by atoms with E-state index in [-0.39, 0.29) is 23.8 Å². The van der Waals surface area contributed by atoms with Gasteiger partial charge in [0.1, 0.15) is 17.5 Å². The topological polar surface area (TPSA) is 93.7 Å². The second-order valence-electron chi connectivity index (χ2n) is 8.47. The third-order valence-corrected chi connectivity index (χ3v) is 6.20. The van der Waals surface area contributed by atoms with Crippen LogP contribution >= 0.6 is 0 Å². The molecule has 2 aliphatic heterocycles. The van der Waals surface area contributed by atoms with Gasteiger partial charge in [0, 0.05) is 12.6 Å². The summed E-state index contributed by atoms with van der Waals surface area (Å²) >= 11 is 0. The number of fused-ring (bicyclic) bond motifs is 2. The third kappa shape index (κ3) is 3.21. The Hall–Kier alpha value is -3.75. The maximum Gasteiger partial charge on any atom is 0.326 e. The van der Waals surface area contributed by atoms with Crippen molar-refractivity contribution in [2.45, 2.75) is 44.1 Å². The zero-order chi connectivity index (χ0) is 21.8. The first-order valence-corrected chi connectivity index (χ1v) is 10.7. The molecule has 2 fully saturated rings. The normalized spacial score (nSPS) is 22.8. The number of hydrogen-bond acceptors (Lipinski definition) is 5. The van der Waals surface area contributed by atoms with Gasteiger partial charge >= 0.3 is 6.03 Å². The quantitative estimate of drug-likeness (QED) is 0.648. The van der Waals surface area contributed by atoms with E-state index < -0.39 is 12.2 Å². The summed E-state index contributed by atoms with van der Waals surface area (Å²) in [5, 5.41) is 2.52. The average molecular weight is 432 g/mol. The van der Waals surface area contributed by atoms with Crippen LogP contribution in [0.4, 0.5) is 9.18 Å². The molecule has 8 nitrogen and oxygen atoms in total. The maximum absolute atomic E-state index is 13.6. The molecule has 2 atom stereocenters. The Labute approximate surface area is 183 Å². The highest BCUT2D eigenvalue weighted by Gasteiger charge is 2.53. The number of aliphatic imine (C=N–C) groups is 1. The van der Waals surface area contributed by atoms with Gasteiger partial charge in [-0.2, -0.15) is 0 Å². The zero-order valence-electron chi connectivity index (χ0n) is 17.2. The van der Waals surface area contributed by atoms with E-state index in [1.807, 2.05) is 35.2 Å². The van der Waals surface area contributed by atoms with Crippen molar-refractivity contribution in [3.63, 3.8) is 0 Å². The first-order valence-electron chi connectivity index (χ1n) is 10.7. The lowest BCUT2D eigenvalue weighted by Gasteiger charge is -2.38. The van der Waals surface area contributed by atoms with Crippen molar-refractivity contribution in [2.24, 2.45) is 4.99 Å². The molecule has 3 aliphatic rings. The minimum absolute atomic E-state index is 0.117. The summed E-state index contributed by atoms with van der Waals surface area (Å²) in [7, 11) is 0. The van der Waals surface area contributed by atoms with Crippen molar-refractivity contribution in [2.75, 3.05) is 0 Å². The molecule has 1 aliphatic carbocycles. The molecule has 3 heterocycles. The van der Waals surface area contributed by atoms with Gasteiger partial charge in [0.25, 0.3) is 5.91 Å². The lowest BCUT2D eigenvalue weighted by atomic mass is 10.1. The number of amidine groups is 1. The maximum atomic E-state index is 13.6. The molecular weight excluding hydrogens is 411 g/mol. The summed E-state index contributed by atoms with van der Waals surface area (Å²) < 4.78 is 13.6. The van der Waals surface area contributed by atoms with Gasteiger partial charge in [-0.15, -0.1) is 0 Å². The number of nitrogens with one attached hydrogen (secondary N) is 2. The van der Waals surface area contributed by atoms with Crippen molar-refractivity contribution in [1.29, 1.82) is 0 Å². The smallest absolute Gasteiger partial charge is 0.326 e. The number of aromatic nitrogens is 2. The van der Waals surface area contributed by atoms with Gasteiger partial charge in [-0.05, 0) is 36.6 Å². The lowest BCUT2D eigenvalue weighted by Crippen LogP contribution is -2.65. The summed E-state index contributed by atoms with van der Waals surface area (Å²) in [5.74, 6) is 0.640. The number of carbonyl (C=O) groups excluding carboxylic acids is 2. The van der Waals surface area contributed by atoms with Crippen molar-refractivity contribution in [3.05, 3.63) is 65.7 Å². The highest BCUT2D eigenvalue weighted by atomic mass is 19.1. The van der Waals surface area contributed by atoms with Crippen molar-refractivity contribution < 1.29 is 14.0 Å². The van der Waals surface area contributed by atoms with E-state index in [2.05, 4.69) is 15.3 Å². The number of aromatic amines is 1. The van der Waals surface area contributed by atoms with E-state index in [1.165, 1.54) is 12.1 Å². The molecular formula is C23H21FN6O2. The van der Waals surface area contributed by atoms with E-state index in [0.29, 0.717) is 35.7 Å². The Kier molecular flexibility index (Phi) is 4.24. The molecule has 6 rings (SSSR count). The number of imide groups is 1. The second kappa shape index (κ2) is 7.15. The van der Waals surface area contributed by atoms with Gasteiger partial charge in [0.15, 0.2) is 12.2 Å². The van der Waals surface area contributed by atoms with Crippen LogP contribution in [0.3, 0.4) is 0 Å². The number of H-pyrrole nitrogens is 1. The average Bonchev–Trinajstić information content (AvgIpc) is 3.42. The number of nitrogens with zero attached hydrogens (tertiary/aromatic N) is 4. The summed E-state index contributed by atoms with van der Waals surface area (Å²) in [6.45, 7) is 0.482. The van der Waals surface area contributed by atoms with Gasteiger partial charge in [-0.25, -0.2) is 19.2 Å². The molecule has 3 amide bonds. The highest BCUT2D eigenvalue weighted by Crippen LogP contribution is 2.36. The van der Waals surface area contributed by atoms with Gasteiger partial charge < -0.3 is 9.88 Å². The van der Waals surface area contributed by atoms with Gasteiger partial charge in [0.05, 0.1) is 17.5 Å². The molecule has 162 valence electrons. The van der Waals surface area contributed by atoms with Crippen LogP contribution in [0.25, 0.3) is 11.0 Å². The number of urea groups is 1. The van der Waals surface area contributed by atoms with Crippen LogP contribution < -0.4 is 5.32 Å². The Balaban J connectivity index is 1.37. The molecule has 0 spiro atoms. The van der Waals surface area contributed by atoms with Gasteiger partial charge in [0.2, 0.25) is 0 Å². The van der Waals surface area contributed by atoms with Crippen LogP contribution in [0.5, 0.6) is 0 Å². The molecule has 2 aromatic carbocycles. The molecule has 1 saturated carbocycles. The molecule has 32 heavy (non-hydrogen) atoms. The molecule has 2 unspecified atom stereocenters. The van der Waals surface area contributed by atoms with Crippen molar-refractivity contribution >= 4 is 28.8 Å². The molecule has 1 aromatic heterocycles. The van der Waals surface area contributed by atoms with Crippen LogP contribution in [0.2, 0.25) is 0 Å². The first-order chi connectivity index (χ1) is 15.6. The first kappa shape index (κ1) is 19.0. The van der Waals surface area contributed by atoms with E-state index in [1.54, 1.807) is 11.0 Å². The number of benzene rings is 2.